The molecule has 0 saturated carbocycles. The molecule has 0 aromatic heterocycles. The van der Waals surface area contributed by atoms with Crippen molar-refractivity contribution in [1.82, 2.24) is 5.32 Å². The minimum Gasteiger partial charge on any atom is -0.326 e. The number of hydrogen-bond acceptors (Lipinski definition) is 3. The fourth-order valence-electron chi connectivity index (χ4n) is 2.90. The zero-order valence-corrected chi connectivity index (χ0v) is 13.7. The molecule has 1 aliphatic heterocycles. The molecule has 1 aromatic rings. The van der Waals surface area contributed by atoms with Crippen LogP contribution in [0.1, 0.15) is 39.2 Å². The maximum absolute atomic E-state index is 12.5. The van der Waals surface area contributed by atoms with Crippen molar-refractivity contribution in [3.63, 3.8) is 0 Å². The third-order valence-electron chi connectivity index (χ3n) is 4.21. The van der Waals surface area contributed by atoms with Crippen LogP contribution in [0.3, 0.4) is 0 Å². The van der Waals surface area contributed by atoms with Crippen LogP contribution in [-0.2, 0) is 9.59 Å². The first-order chi connectivity index (χ1) is 10.3. The highest BCUT2D eigenvalue weighted by molar-refractivity contribution is 5.97. The van der Waals surface area contributed by atoms with Crippen LogP contribution in [0.25, 0.3) is 0 Å². The SMILES string of the molecule is CC(=O)Nc1cc(NC(=O)C2NCCCC2(C)C)ccc1C. The molecular weight excluding hydrogens is 278 g/mol. The molecule has 1 aromatic carbocycles. The molecule has 0 spiro atoms. The van der Waals surface area contributed by atoms with Gasteiger partial charge in [-0.2, -0.15) is 0 Å². The van der Waals surface area contributed by atoms with E-state index in [1.807, 2.05) is 19.1 Å². The van der Waals surface area contributed by atoms with Gasteiger partial charge in [-0.1, -0.05) is 19.9 Å². The zero-order valence-electron chi connectivity index (χ0n) is 13.7. The molecular formula is C17H25N3O2. The van der Waals surface area contributed by atoms with Crippen LogP contribution in [0.2, 0.25) is 0 Å². The van der Waals surface area contributed by atoms with Crippen molar-refractivity contribution < 1.29 is 9.59 Å². The third kappa shape index (κ3) is 3.85. The Hall–Kier alpha value is -1.88. The molecule has 1 saturated heterocycles. The lowest BCUT2D eigenvalue weighted by Gasteiger charge is -2.38. The number of anilines is 2. The van der Waals surface area contributed by atoms with Gasteiger partial charge in [0.25, 0.3) is 0 Å². The fourth-order valence-corrected chi connectivity index (χ4v) is 2.90. The van der Waals surface area contributed by atoms with Crippen molar-refractivity contribution in [2.24, 2.45) is 5.41 Å². The van der Waals surface area contributed by atoms with Crippen molar-refractivity contribution in [3.8, 4) is 0 Å². The third-order valence-corrected chi connectivity index (χ3v) is 4.21. The second kappa shape index (κ2) is 6.48. The molecule has 5 heteroatoms. The van der Waals surface area contributed by atoms with E-state index in [0.29, 0.717) is 5.69 Å². The first-order valence-corrected chi connectivity index (χ1v) is 7.72. The lowest BCUT2D eigenvalue weighted by atomic mass is 9.77. The van der Waals surface area contributed by atoms with E-state index in [0.717, 1.165) is 30.6 Å². The summed E-state index contributed by atoms with van der Waals surface area (Å²) >= 11 is 0. The molecule has 120 valence electrons. The van der Waals surface area contributed by atoms with E-state index < -0.39 is 0 Å². The van der Waals surface area contributed by atoms with Crippen molar-refractivity contribution in [2.45, 2.75) is 46.6 Å². The summed E-state index contributed by atoms with van der Waals surface area (Å²) < 4.78 is 0. The number of rotatable bonds is 3. The van der Waals surface area contributed by atoms with Crippen LogP contribution in [-0.4, -0.2) is 24.4 Å². The molecule has 3 N–H and O–H groups in total. The molecule has 5 nitrogen and oxygen atoms in total. The van der Waals surface area contributed by atoms with E-state index in [-0.39, 0.29) is 23.3 Å². The molecule has 0 radical (unpaired) electrons. The largest absolute Gasteiger partial charge is 0.326 e. The summed E-state index contributed by atoms with van der Waals surface area (Å²) in [6.07, 6.45) is 2.12. The lowest BCUT2D eigenvalue weighted by molar-refractivity contribution is -0.121. The van der Waals surface area contributed by atoms with E-state index in [4.69, 9.17) is 0 Å². The minimum atomic E-state index is -0.202. The molecule has 2 amide bonds. The standard InChI is InChI=1S/C17H25N3O2/c1-11-6-7-13(10-14(11)19-12(2)21)20-16(22)15-17(3,4)8-5-9-18-15/h6-7,10,15,18H,5,8-9H2,1-4H3,(H,19,21)(H,20,22). The molecule has 22 heavy (non-hydrogen) atoms. The normalized spacial score (nSPS) is 20.3. The highest BCUT2D eigenvalue weighted by Gasteiger charge is 2.37. The highest BCUT2D eigenvalue weighted by atomic mass is 16.2. The molecule has 1 atom stereocenters. The number of carbonyl (C=O) groups is 2. The topological polar surface area (TPSA) is 70.2 Å². The van der Waals surface area contributed by atoms with E-state index >= 15 is 0 Å². The van der Waals surface area contributed by atoms with Gasteiger partial charge in [0, 0.05) is 18.3 Å². The maximum atomic E-state index is 12.5. The van der Waals surface area contributed by atoms with E-state index in [2.05, 4.69) is 29.8 Å². The van der Waals surface area contributed by atoms with Crippen LogP contribution in [0.4, 0.5) is 11.4 Å². The predicted molar refractivity (Wildman–Crippen MR) is 88.9 cm³/mol. The Morgan fingerprint density at radius 1 is 1.27 bits per heavy atom. The first kappa shape index (κ1) is 16.5. The summed E-state index contributed by atoms with van der Waals surface area (Å²) in [5.41, 5.74) is 2.32. The van der Waals surface area contributed by atoms with Gasteiger partial charge in [0.2, 0.25) is 11.8 Å². The Labute approximate surface area is 131 Å². The summed E-state index contributed by atoms with van der Waals surface area (Å²) in [7, 11) is 0. The monoisotopic (exact) mass is 303 g/mol. The number of piperidine rings is 1. The summed E-state index contributed by atoms with van der Waals surface area (Å²) in [5, 5.41) is 9.04. The van der Waals surface area contributed by atoms with Gasteiger partial charge in [0.1, 0.15) is 0 Å². The first-order valence-electron chi connectivity index (χ1n) is 7.72. The van der Waals surface area contributed by atoms with Crippen molar-refractivity contribution in [2.75, 3.05) is 17.2 Å². The Balaban J connectivity index is 2.13. The van der Waals surface area contributed by atoms with Crippen LogP contribution in [0.5, 0.6) is 0 Å². The van der Waals surface area contributed by atoms with Gasteiger partial charge in [-0.3, -0.25) is 9.59 Å². The van der Waals surface area contributed by atoms with Crippen LogP contribution >= 0.6 is 0 Å². The maximum Gasteiger partial charge on any atom is 0.242 e. The number of benzene rings is 1. The Morgan fingerprint density at radius 2 is 2.00 bits per heavy atom. The van der Waals surface area contributed by atoms with E-state index in [9.17, 15) is 9.59 Å². The minimum absolute atomic E-state index is 0.0256. The van der Waals surface area contributed by atoms with Gasteiger partial charge in [-0.25, -0.2) is 0 Å². The summed E-state index contributed by atoms with van der Waals surface area (Å²) in [6, 6.07) is 5.34. The van der Waals surface area contributed by atoms with Gasteiger partial charge < -0.3 is 16.0 Å². The van der Waals surface area contributed by atoms with Crippen molar-refractivity contribution in [3.05, 3.63) is 23.8 Å². The van der Waals surface area contributed by atoms with Crippen LogP contribution in [0, 0.1) is 12.3 Å². The summed E-state index contributed by atoms with van der Waals surface area (Å²) in [6.45, 7) is 8.48. The second-order valence-electron chi connectivity index (χ2n) is 6.68. The molecule has 1 heterocycles. The highest BCUT2D eigenvalue weighted by Crippen LogP contribution is 2.31. The van der Waals surface area contributed by atoms with E-state index in [1.165, 1.54) is 6.92 Å². The van der Waals surface area contributed by atoms with Gasteiger partial charge >= 0.3 is 0 Å². The quantitative estimate of drug-likeness (QED) is 0.804. The smallest absolute Gasteiger partial charge is 0.242 e. The fraction of sp³-hybridized carbons (Fsp3) is 0.529. The van der Waals surface area contributed by atoms with Gasteiger partial charge in [0.15, 0.2) is 0 Å². The number of hydrogen-bond donors (Lipinski definition) is 3. The average Bonchev–Trinajstić information content (AvgIpc) is 2.41. The van der Waals surface area contributed by atoms with Gasteiger partial charge in [0.05, 0.1) is 6.04 Å². The second-order valence-corrected chi connectivity index (χ2v) is 6.68. The van der Waals surface area contributed by atoms with Crippen LogP contribution < -0.4 is 16.0 Å². The Kier molecular flexibility index (Phi) is 4.86. The zero-order chi connectivity index (χ0) is 16.3. The van der Waals surface area contributed by atoms with Gasteiger partial charge in [-0.05, 0) is 49.4 Å². The Morgan fingerprint density at radius 3 is 2.64 bits per heavy atom. The number of amides is 2. The molecule has 1 aliphatic rings. The summed E-state index contributed by atoms with van der Waals surface area (Å²) in [5.74, 6) is -0.149. The molecule has 1 fully saturated rings. The molecule has 2 rings (SSSR count). The molecule has 0 aliphatic carbocycles. The van der Waals surface area contributed by atoms with E-state index in [1.54, 1.807) is 6.07 Å². The Bertz CT molecular complexity index is 581. The molecule has 1 unspecified atom stereocenters. The molecule has 0 bridgehead atoms. The average molecular weight is 303 g/mol. The van der Waals surface area contributed by atoms with Gasteiger partial charge in [-0.15, -0.1) is 0 Å². The van der Waals surface area contributed by atoms with Crippen molar-refractivity contribution >= 4 is 23.2 Å². The summed E-state index contributed by atoms with van der Waals surface area (Å²) in [4.78, 5) is 23.8. The lowest BCUT2D eigenvalue weighted by Crippen LogP contribution is -2.53. The number of aryl methyl sites for hydroxylation is 1. The van der Waals surface area contributed by atoms with Crippen molar-refractivity contribution in [1.29, 1.82) is 0 Å². The number of nitrogens with one attached hydrogen (secondary N) is 3. The number of carbonyl (C=O) groups excluding carboxylic acids is 2. The van der Waals surface area contributed by atoms with Crippen LogP contribution in [0.15, 0.2) is 18.2 Å². The predicted octanol–water partition coefficient (Wildman–Crippen LogP) is 2.67.